The van der Waals surface area contributed by atoms with E-state index in [1.54, 1.807) is 0 Å². The Morgan fingerprint density at radius 1 is 1.00 bits per heavy atom. The molecule has 0 bridgehead atoms. The van der Waals surface area contributed by atoms with Crippen molar-refractivity contribution in [1.82, 2.24) is 0 Å². The Bertz CT molecular complexity index is 445. The molecule has 1 atom stereocenters. The van der Waals surface area contributed by atoms with Crippen LogP contribution in [-0.4, -0.2) is 0 Å². The van der Waals surface area contributed by atoms with E-state index < -0.39 is 0 Å². The molecule has 1 unspecified atom stereocenters. The smallest absolute Gasteiger partial charge is 0.121 e. The minimum Gasteiger partial charge on any atom is -0.486 e. The van der Waals surface area contributed by atoms with E-state index in [2.05, 4.69) is 38.1 Å². The van der Waals surface area contributed by atoms with E-state index in [1.165, 1.54) is 11.1 Å². The zero-order valence-electron chi connectivity index (χ0n) is 10.1. The third-order valence-electron chi connectivity index (χ3n) is 2.79. The predicted octanol–water partition coefficient (Wildman–Crippen LogP) is 4.20. The van der Waals surface area contributed by atoms with Crippen molar-refractivity contribution in [3.05, 3.63) is 72.6 Å². The lowest BCUT2D eigenvalue weighted by Crippen LogP contribution is -2.02. The normalized spacial score (nSPS) is 12.1. The summed E-state index contributed by atoms with van der Waals surface area (Å²) in [5, 5.41) is 0. The zero-order chi connectivity index (χ0) is 12.1. The van der Waals surface area contributed by atoms with Gasteiger partial charge in [0.25, 0.3) is 0 Å². The van der Waals surface area contributed by atoms with Crippen LogP contribution in [0, 0.1) is 6.92 Å². The Balaban J connectivity index is 2.05. The van der Waals surface area contributed by atoms with Gasteiger partial charge in [-0.2, -0.15) is 0 Å². The summed E-state index contributed by atoms with van der Waals surface area (Å²) < 4.78 is 5.88. The first kappa shape index (κ1) is 11.7. The third-order valence-corrected chi connectivity index (χ3v) is 2.79. The van der Waals surface area contributed by atoms with E-state index in [-0.39, 0.29) is 6.10 Å². The summed E-state index contributed by atoms with van der Waals surface area (Å²) >= 11 is 0. The van der Waals surface area contributed by atoms with Crippen LogP contribution in [0.4, 0.5) is 0 Å². The van der Waals surface area contributed by atoms with Crippen molar-refractivity contribution < 1.29 is 4.74 Å². The lowest BCUT2D eigenvalue weighted by Gasteiger charge is -2.15. The average Bonchev–Trinajstić information content (AvgIpc) is 2.40. The molecular weight excluding hydrogens is 208 g/mol. The van der Waals surface area contributed by atoms with E-state index in [9.17, 15) is 0 Å². The molecule has 87 valence electrons. The van der Waals surface area contributed by atoms with Crippen LogP contribution in [0.5, 0.6) is 5.75 Å². The number of hydrogen-bond acceptors (Lipinski definition) is 1. The molecule has 0 aliphatic carbocycles. The van der Waals surface area contributed by atoms with Crippen LogP contribution in [0.1, 0.15) is 24.2 Å². The van der Waals surface area contributed by atoms with Gasteiger partial charge in [0.2, 0.25) is 0 Å². The van der Waals surface area contributed by atoms with Crippen LogP contribution < -0.4 is 4.74 Å². The number of rotatable bonds is 4. The van der Waals surface area contributed by atoms with E-state index in [4.69, 9.17) is 4.74 Å². The molecule has 2 rings (SSSR count). The van der Waals surface area contributed by atoms with Gasteiger partial charge < -0.3 is 4.74 Å². The second kappa shape index (κ2) is 5.53. The zero-order valence-corrected chi connectivity index (χ0v) is 10.1. The van der Waals surface area contributed by atoms with Crippen molar-refractivity contribution in [2.45, 2.75) is 19.4 Å². The number of hydrogen-bond donors (Lipinski definition) is 0. The Morgan fingerprint density at radius 3 is 2.24 bits per heavy atom. The van der Waals surface area contributed by atoms with Crippen LogP contribution in [0.25, 0.3) is 0 Å². The van der Waals surface area contributed by atoms with E-state index >= 15 is 0 Å². The molecule has 1 radical (unpaired) electrons. The largest absolute Gasteiger partial charge is 0.486 e. The molecule has 0 fully saturated rings. The molecule has 0 amide bonds. The molecule has 0 aromatic heterocycles. The highest BCUT2D eigenvalue weighted by Gasteiger charge is 2.05. The molecule has 0 aliphatic rings. The highest BCUT2D eigenvalue weighted by Crippen LogP contribution is 2.21. The molecule has 2 aromatic rings. The SMILES string of the molecule is [CH2]Cc1ccc(OC(C)c2ccccc2)cc1. The summed E-state index contributed by atoms with van der Waals surface area (Å²) in [6, 6.07) is 18.3. The summed E-state index contributed by atoms with van der Waals surface area (Å²) in [6.45, 7) is 5.91. The minimum absolute atomic E-state index is 0.0711. The number of ether oxygens (including phenoxy) is 1. The lowest BCUT2D eigenvalue weighted by atomic mass is 10.1. The third kappa shape index (κ3) is 3.10. The van der Waals surface area contributed by atoms with Crippen LogP contribution in [0.2, 0.25) is 0 Å². The molecule has 0 saturated heterocycles. The van der Waals surface area contributed by atoms with Gasteiger partial charge in [-0.1, -0.05) is 42.5 Å². The van der Waals surface area contributed by atoms with Crippen molar-refractivity contribution >= 4 is 0 Å². The molecule has 0 spiro atoms. The molecule has 0 heterocycles. The van der Waals surface area contributed by atoms with Gasteiger partial charge in [-0.15, -0.1) is 0 Å². The first-order valence-electron chi connectivity index (χ1n) is 5.89. The van der Waals surface area contributed by atoms with Crippen LogP contribution >= 0.6 is 0 Å². The topological polar surface area (TPSA) is 9.23 Å². The molecule has 0 aliphatic heterocycles. The average molecular weight is 225 g/mol. The van der Waals surface area contributed by atoms with Gasteiger partial charge in [-0.05, 0) is 43.5 Å². The van der Waals surface area contributed by atoms with E-state index in [1.807, 2.05) is 30.3 Å². The van der Waals surface area contributed by atoms with Gasteiger partial charge in [-0.3, -0.25) is 0 Å². The first-order valence-corrected chi connectivity index (χ1v) is 5.89. The van der Waals surface area contributed by atoms with E-state index in [0.29, 0.717) is 0 Å². The molecule has 1 nitrogen and oxygen atoms in total. The Labute approximate surface area is 103 Å². The van der Waals surface area contributed by atoms with Crippen LogP contribution in [0.3, 0.4) is 0 Å². The highest BCUT2D eigenvalue weighted by molar-refractivity contribution is 5.28. The van der Waals surface area contributed by atoms with Gasteiger partial charge >= 0.3 is 0 Å². The lowest BCUT2D eigenvalue weighted by molar-refractivity contribution is 0.227. The summed E-state index contributed by atoms with van der Waals surface area (Å²) in [5.74, 6) is 0.901. The molecule has 17 heavy (non-hydrogen) atoms. The summed E-state index contributed by atoms with van der Waals surface area (Å²) in [7, 11) is 0. The van der Waals surface area contributed by atoms with Crippen LogP contribution in [-0.2, 0) is 6.42 Å². The first-order chi connectivity index (χ1) is 8.29. The maximum atomic E-state index is 5.88. The maximum Gasteiger partial charge on any atom is 0.121 e. The van der Waals surface area contributed by atoms with Gasteiger partial charge in [-0.25, -0.2) is 0 Å². The van der Waals surface area contributed by atoms with Crippen LogP contribution in [0.15, 0.2) is 54.6 Å². The maximum absolute atomic E-state index is 5.88. The van der Waals surface area contributed by atoms with Crippen molar-refractivity contribution in [1.29, 1.82) is 0 Å². The number of benzene rings is 2. The Morgan fingerprint density at radius 2 is 1.65 bits per heavy atom. The monoisotopic (exact) mass is 225 g/mol. The fraction of sp³-hybridized carbons (Fsp3) is 0.188. The van der Waals surface area contributed by atoms with Gasteiger partial charge in [0, 0.05) is 0 Å². The molecule has 1 heteroatoms. The minimum atomic E-state index is 0.0711. The van der Waals surface area contributed by atoms with Gasteiger partial charge in [0.05, 0.1) is 0 Å². The summed E-state index contributed by atoms with van der Waals surface area (Å²) in [4.78, 5) is 0. The van der Waals surface area contributed by atoms with Crippen molar-refractivity contribution in [2.24, 2.45) is 0 Å². The Hall–Kier alpha value is -1.76. The summed E-state index contributed by atoms with van der Waals surface area (Å²) in [6.07, 6.45) is 0.885. The molecular formula is C16H17O. The molecule has 2 aromatic carbocycles. The quantitative estimate of drug-likeness (QED) is 0.757. The fourth-order valence-corrected chi connectivity index (χ4v) is 1.73. The standard InChI is InChI=1S/C16H17O/c1-3-14-9-11-16(12-10-14)17-13(2)15-7-5-4-6-8-15/h4-13H,1,3H2,2H3. The second-order valence-corrected chi connectivity index (χ2v) is 4.06. The Kier molecular flexibility index (Phi) is 3.81. The van der Waals surface area contributed by atoms with Crippen molar-refractivity contribution in [2.75, 3.05) is 0 Å². The molecule has 0 saturated carbocycles. The highest BCUT2D eigenvalue weighted by atomic mass is 16.5. The van der Waals surface area contributed by atoms with E-state index in [0.717, 1.165) is 12.2 Å². The molecule has 0 N–H and O–H groups in total. The van der Waals surface area contributed by atoms with Crippen molar-refractivity contribution in [3.63, 3.8) is 0 Å². The predicted molar refractivity (Wildman–Crippen MR) is 71.0 cm³/mol. The summed E-state index contributed by atoms with van der Waals surface area (Å²) in [5.41, 5.74) is 2.42. The fourth-order valence-electron chi connectivity index (χ4n) is 1.73. The van der Waals surface area contributed by atoms with Gasteiger partial charge in [0.15, 0.2) is 0 Å². The van der Waals surface area contributed by atoms with Crippen molar-refractivity contribution in [3.8, 4) is 5.75 Å². The second-order valence-electron chi connectivity index (χ2n) is 4.06. The van der Waals surface area contributed by atoms with Gasteiger partial charge in [0.1, 0.15) is 11.9 Å².